The Hall–Kier alpha value is -2.34. The van der Waals surface area contributed by atoms with Gasteiger partial charge in [0.15, 0.2) is 0 Å². The molecule has 1 aromatic heterocycles. The zero-order valence-electron chi connectivity index (χ0n) is 15.0. The lowest BCUT2D eigenvalue weighted by Gasteiger charge is -2.11. The van der Waals surface area contributed by atoms with E-state index in [-0.39, 0.29) is 12.0 Å². The maximum atomic E-state index is 12.5. The SMILES string of the molecule is CCOC(=O)c1c(NC(=O)Nc2ccccc2)sc2c1CCCCCC2. The molecule has 6 heteroatoms. The van der Waals surface area contributed by atoms with Gasteiger partial charge in [-0.1, -0.05) is 31.0 Å². The van der Waals surface area contributed by atoms with Gasteiger partial charge in [-0.05, 0) is 50.3 Å². The van der Waals surface area contributed by atoms with Gasteiger partial charge in [-0.15, -0.1) is 11.3 Å². The van der Waals surface area contributed by atoms with Crippen molar-refractivity contribution < 1.29 is 14.3 Å². The summed E-state index contributed by atoms with van der Waals surface area (Å²) >= 11 is 1.50. The third kappa shape index (κ3) is 4.43. The lowest BCUT2D eigenvalue weighted by molar-refractivity contribution is 0.0526. The van der Waals surface area contributed by atoms with Crippen LogP contribution in [0.15, 0.2) is 30.3 Å². The quantitative estimate of drug-likeness (QED) is 0.722. The number of benzene rings is 1. The maximum Gasteiger partial charge on any atom is 0.341 e. The van der Waals surface area contributed by atoms with Gasteiger partial charge in [-0.2, -0.15) is 0 Å². The van der Waals surface area contributed by atoms with Crippen LogP contribution in [0.25, 0.3) is 0 Å². The number of aryl methyl sites for hydroxylation is 1. The van der Waals surface area contributed by atoms with Crippen LogP contribution in [-0.2, 0) is 17.6 Å². The average molecular weight is 372 g/mol. The standard InChI is InChI=1S/C20H24N2O3S/c1-2-25-19(23)17-15-12-8-3-4-9-13-16(15)26-18(17)22-20(24)21-14-10-6-5-7-11-14/h5-7,10-11H,2-4,8-9,12-13H2,1H3,(H2,21,22,24). The number of amides is 2. The number of carbonyl (C=O) groups is 2. The van der Waals surface area contributed by atoms with E-state index in [2.05, 4.69) is 10.6 Å². The van der Waals surface area contributed by atoms with Crippen molar-refractivity contribution in [2.45, 2.75) is 45.4 Å². The highest BCUT2D eigenvalue weighted by molar-refractivity contribution is 7.17. The number of carbonyl (C=O) groups excluding carboxylic acids is 2. The third-order valence-electron chi connectivity index (χ3n) is 4.41. The largest absolute Gasteiger partial charge is 0.462 e. The van der Waals surface area contributed by atoms with Crippen LogP contribution >= 0.6 is 11.3 Å². The average Bonchev–Trinajstić information content (AvgIpc) is 2.92. The molecule has 0 saturated heterocycles. The number of anilines is 2. The third-order valence-corrected chi connectivity index (χ3v) is 5.62. The first-order valence-corrected chi connectivity index (χ1v) is 9.95. The number of thiophene rings is 1. The van der Waals surface area contributed by atoms with Gasteiger partial charge in [0.1, 0.15) is 5.00 Å². The summed E-state index contributed by atoms with van der Waals surface area (Å²) in [5, 5.41) is 6.25. The van der Waals surface area contributed by atoms with Crippen LogP contribution in [0.3, 0.4) is 0 Å². The number of urea groups is 1. The molecule has 26 heavy (non-hydrogen) atoms. The monoisotopic (exact) mass is 372 g/mol. The molecule has 1 aliphatic carbocycles. The van der Waals surface area contributed by atoms with Crippen molar-refractivity contribution in [2.75, 3.05) is 17.2 Å². The van der Waals surface area contributed by atoms with Crippen LogP contribution in [-0.4, -0.2) is 18.6 Å². The van der Waals surface area contributed by atoms with Crippen molar-refractivity contribution in [3.8, 4) is 0 Å². The van der Waals surface area contributed by atoms with E-state index in [0.717, 1.165) is 31.2 Å². The predicted molar refractivity (Wildman–Crippen MR) is 105 cm³/mol. The minimum absolute atomic E-state index is 0.319. The van der Waals surface area contributed by atoms with E-state index in [1.165, 1.54) is 29.1 Å². The van der Waals surface area contributed by atoms with Crippen LogP contribution in [0.1, 0.15) is 53.4 Å². The number of nitrogens with one attached hydrogen (secondary N) is 2. The second-order valence-electron chi connectivity index (χ2n) is 6.29. The number of para-hydroxylation sites is 1. The molecule has 2 N–H and O–H groups in total. The van der Waals surface area contributed by atoms with Crippen molar-refractivity contribution in [2.24, 2.45) is 0 Å². The smallest absolute Gasteiger partial charge is 0.341 e. The fourth-order valence-corrected chi connectivity index (χ4v) is 4.49. The highest BCUT2D eigenvalue weighted by Crippen LogP contribution is 2.37. The molecule has 3 rings (SSSR count). The molecule has 2 amide bonds. The molecule has 0 bridgehead atoms. The van der Waals surface area contributed by atoms with Gasteiger partial charge in [-0.3, -0.25) is 5.32 Å². The maximum absolute atomic E-state index is 12.5. The zero-order chi connectivity index (χ0) is 18.4. The Morgan fingerprint density at radius 1 is 1.04 bits per heavy atom. The number of esters is 1. The van der Waals surface area contributed by atoms with Crippen LogP contribution in [0, 0.1) is 0 Å². The van der Waals surface area contributed by atoms with E-state index < -0.39 is 0 Å². The fourth-order valence-electron chi connectivity index (χ4n) is 3.21. The van der Waals surface area contributed by atoms with Gasteiger partial charge in [0.2, 0.25) is 0 Å². The molecule has 1 heterocycles. The normalized spacial score (nSPS) is 13.9. The molecule has 1 aromatic carbocycles. The van der Waals surface area contributed by atoms with Crippen molar-refractivity contribution in [3.05, 3.63) is 46.3 Å². The molecule has 0 unspecified atom stereocenters. The summed E-state index contributed by atoms with van der Waals surface area (Å²) in [6, 6.07) is 8.89. The molecule has 138 valence electrons. The fraction of sp³-hybridized carbons (Fsp3) is 0.400. The Morgan fingerprint density at radius 2 is 1.77 bits per heavy atom. The predicted octanol–water partition coefficient (Wildman–Crippen LogP) is 5.23. The summed E-state index contributed by atoms with van der Waals surface area (Å²) in [7, 11) is 0. The van der Waals surface area contributed by atoms with E-state index in [1.807, 2.05) is 30.3 Å². The molecule has 0 saturated carbocycles. The summed E-state index contributed by atoms with van der Waals surface area (Å²) in [5.41, 5.74) is 2.30. The zero-order valence-corrected chi connectivity index (χ0v) is 15.8. The van der Waals surface area contributed by atoms with Gasteiger partial charge in [-0.25, -0.2) is 9.59 Å². The van der Waals surface area contributed by atoms with Crippen LogP contribution < -0.4 is 10.6 Å². The number of hydrogen-bond donors (Lipinski definition) is 2. The van der Waals surface area contributed by atoms with E-state index in [9.17, 15) is 9.59 Å². The van der Waals surface area contributed by atoms with E-state index >= 15 is 0 Å². The summed E-state index contributed by atoms with van der Waals surface area (Å²) in [6.45, 7) is 2.11. The number of ether oxygens (including phenoxy) is 1. The van der Waals surface area contributed by atoms with Crippen LogP contribution in [0.4, 0.5) is 15.5 Å². The van der Waals surface area contributed by atoms with E-state index in [0.29, 0.717) is 22.9 Å². The molecule has 0 spiro atoms. The van der Waals surface area contributed by atoms with Crippen LogP contribution in [0.2, 0.25) is 0 Å². The number of fused-ring (bicyclic) bond motifs is 1. The molecule has 1 aliphatic rings. The summed E-state index contributed by atoms with van der Waals surface area (Å²) in [4.78, 5) is 26.1. The lowest BCUT2D eigenvalue weighted by Crippen LogP contribution is -2.20. The lowest BCUT2D eigenvalue weighted by atomic mass is 9.96. The Bertz CT molecular complexity index is 771. The Balaban J connectivity index is 1.85. The highest BCUT2D eigenvalue weighted by atomic mass is 32.1. The first-order valence-electron chi connectivity index (χ1n) is 9.13. The molecular formula is C20H24N2O3S. The Morgan fingerprint density at radius 3 is 2.50 bits per heavy atom. The molecule has 2 aromatic rings. The molecular weight excluding hydrogens is 348 g/mol. The molecule has 5 nitrogen and oxygen atoms in total. The topological polar surface area (TPSA) is 67.4 Å². The van der Waals surface area contributed by atoms with Gasteiger partial charge in [0, 0.05) is 10.6 Å². The molecule has 0 aliphatic heterocycles. The van der Waals surface area contributed by atoms with E-state index in [4.69, 9.17) is 4.74 Å². The molecule has 0 fully saturated rings. The van der Waals surface area contributed by atoms with E-state index in [1.54, 1.807) is 6.92 Å². The summed E-state index contributed by atoms with van der Waals surface area (Å²) in [6.07, 6.45) is 6.38. The summed E-state index contributed by atoms with van der Waals surface area (Å²) in [5.74, 6) is -0.347. The van der Waals surface area contributed by atoms with Gasteiger partial charge in [0.05, 0.1) is 12.2 Å². The minimum Gasteiger partial charge on any atom is -0.462 e. The second-order valence-corrected chi connectivity index (χ2v) is 7.39. The van der Waals surface area contributed by atoms with Crippen molar-refractivity contribution in [3.63, 3.8) is 0 Å². The number of hydrogen-bond acceptors (Lipinski definition) is 4. The highest BCUT2D eigenvalue weighted by Gasteiger charge is 2.26. The minimum atomic E-state index is -0.351. The first-order chi connectivity index (χ1) is 12.7. The van der Waals surface area contributed by atoms with Crippen LogP contribution in [0.5, 0.6) is 0 Å². The Labute approximate surface area is 157 Å². The molecule has 0 radical (unpaired) electrons. The van der Waals surface area contributed by atoms with Crippen molar-refractivity contribution in [1.29, 1.82) is 0 Å². The summed E-state index contributed by atoms with van der Waals surface area (Å²) < 4.78 is 5.26. The van der Waals surface area contributed by atoms with Crippen molar-refractivity contribution in [1.82, 2.24) is 0 Å². The van der Waals surface area contributed by atoms with Gasteiger partial charge in [0.25, 0.3) is 0 Å². The number of rotatable bonds is 4. The first kappa shape index (κ1) is 18.5. The van der Waals surface area contributed by atoms with Gasteiger partial charge >= 0.3 is 12.0 Å². The Kier molecular flexibility index (Phi) is 6.28. The second kappa shape index (κ2) is 8.85. The van der Waals surface area contributed by atoms with Crippen molar-refractivity contribution >= 4 is 34.0 Å². The van der Waals surface area contributed by atoms with Gasteiger partial charge < -0.3 is 10.1 Å². The molecule has 0 atom stereocenters.